The SMILES string of the molecule is O=C(CC1CCNCC1)Nc1cncc(-c2ccc3[nH]nc(-c4cc5c(-c6ccncc6)cncc5[nH]4)c3c2)c1. The van der Waals surface area contributed by atoms with Gasteiger partial charge >= 0.3 is 0 Å². The molecule has 5 aromatic heterocycles. The number of anilines is 1. The van der Waals surface area contributed by atoms with Gasteiger partial charge in [-0.2, -0.15) is 5.10 Å². The normalized spacial score (nSPS) is 14.1. The average molecular weight is 529 g/mol. The summed E-state index contributed by atoms with van der Waals surface area (Å²) >= 11 is 0. The fraction of sp³-hybridized carbons (Fsp3) is 0.194. The highest BCUT2D eigenvalue weighted by Gasteiger charge is 2.18. The van der Waals surface area contributed by atoms with E-state index in [0.717, 1.165) is 81.4 Å². The van der Waals surface area contributed by atoms with Crippen LogP contribution in [0.3, 0.4) is 0 Å². The van der Waals surface area contributed by atoms with Gasteiger partial charge < -0.3 is 15.6 Å². The molecule has 9 heteroatoms. The Hall–Kier alpha value is -4.89. The average Bonchev–Trinajstić information content (AvgIpc) is 3.62. The Bertz CT molecular complexity index is 1820. The number of carbonyl (C=O) groups is 1. The predicted octanol–water partition coefficient (Wildman–Crippen LogP) is 5.56. The van der Waals surface area contributed by atoms with Crippen LogP contribution in [-0.2, 0) is 4.79 Å². The molecule has 0 saturated carbocycles. The summed E-state index contributed by atoms with van der Waals surface area (Å²) in [5.74, 6) is 0.471. The molecule has 0 atom stereocenters. The van der Waals surface area contributed by atoms with Gasteiger partial charge in [-0.3, -0.25) is 24.8 Å². The fourth-order valence-electron chi connectivity index (χ4n) is 5.57. The van der Waals surface area contributed by atoms with E-state index in [1.807, 2.05) is 48.9 Å². The minimum Gasteiger partial charge on any atom is -0.352 e. The lowest BCUT2D eigenvalue weighted by molar-refractivity contribution is -0.117. The number of rotatable bonds is 6. The third-order valence-electron chi connectivity index (χ3n) is 7.64. The first kappa shape index (κ1) is 24.2. The molecule has 198 valence electrons. The number of pyridine rings is 3. The van der Waals surface area contributed by atoms with Crippen molar-refractivity contribution < 1.29 is 4.79 Å². The van der Waals surface area contributed by atoms with E-state index in [-0.39, 0.29) is 5.91 Å². The molecule has 1 saturated heterocycles. The Morgan fingerprint density at radius 1 is 0.825 bits per heavy atom. The van der Waals surface area contributed by atoms with E-state index < -0.39 is 0 Å². The first-order valence-electron chi connectivity index (χ1n) is 13.5. The summed E-state index contributed by atoms with van der Waals surface area (Å²) in [6.07, 6.45) is 13.4. The van der Waals surface area contributed by atoms with Crippen molar-refractivity contribution in [2.45, 2.75) is 19.3 Å². The third kappa shape index (κ3) is 4.71. The van der Waals surface area contributed by atoms with Gasteiger partial charge in [-0.05, 0) is 79.4 Å². The molecule has 40 heavy (non-hydrogen) atoms. The topological polar surface area (TPSA) is 124 Å². The Balaban J connectivity index is 1.19. The maximum Gasteiger partial charge on any atom is 0.224 e. The standard InChI is InChI=1S/C31H28N8O/c40-30(11-19-3-7-32-8-4-19)36-23-12-22(15-34-16-23)21-1-2-27-25(13-21)31(39-38-27)28-14-24-26(17-35-18-29(24)37-28)20-5-9-33-10-6-20/h1-2,5-6,9-10,12-19,32,37H,3-4,7-8,11H2,(H,36,40)(H,38,39). The van der Waals surface area contributed by atoms with Crippen LogP contribution in [0.25, 0.3) is 55.4 Å². The van der Waals surface area contributed by atoms with Gasteiger partial charge in [0.1, 0.15) is 5.69 Å². The Labute approximate surface area is 230 Å². The number of hydrogen-bond donors (Lipinski definition) is 4. The summed E-state index contributed by atoms with van der Waals surface area (Å²) in [5.41, 5.74) is 8.32. The van der Waals surface area contributed by atoms with E-state index in [9.17, 15) is 4.79 Å². The molecule has 0 aliphatic carbocycles. The molecule has 6 heterocycles. The predicted molar refractivity (Wildman–Crippen MR) is 156 cm³/mol. The number of nitrogens with one attached hydrogen (secondary N) is 4. The van der Waals surface area contributed by atoms with Crippen molar-refractivity contribution in [3.63, 3.8) is 0 Å². The summed E-state index contributed by atoms with van der Waals surface area (Å²) < 4.78 is 0. The number of H-pyrrole nitrogens is 2. The Morgan fingerprint density at radius 2 is 1.68 bits per heavy atom. The van der Waals surface area contributed by atoms with Crippen LogP contribution >= 0.6 is 0 Å². The number of fused-ring (bicyclic) bond motifs is 2. The molecule has 1 aliphatic rings. The minimum atomic E-state index is 0.0397. The second-order valence-electron chi connectivity index (χ2n) is 10.3. The Kier molecular flexibility index (Phi) is 6.25. The zero-order valence-electron chi connectivity index (χ0n) is 21.8. The highest BCUT2D eigenvalue weighted by Crippen LogP contribution is 2.35. The quantitative estimate of drug-likeness (QED) is 0.224. The summed E-state index contributed by atoms with van der Waals surface area (Å²) in [6, 6.07) is 14.2. The van der Waals surface area contributed by atoms with E-state index in [4.69, 9.17) is 0 Å². The number of aromatic nitrogens is 6. The molecule has 0 unspecified atom stereocenters. The molecule has 0 radical (unpaired) electrons. The largest absolute Gasteiger partial charge is 0.352 e. The molecular formula is C31H28N8O. The molecular weight excluding hydrogens is 500 g/mol. The van der Waals surface area contributed by atoms with E-state index >= 15 is 0 Å². The lowest BCUT2D eigenvalue weighted by Crippen LogP contribution is -2.30. The highest BCUT2D eigenvalue weighted by atomic mass is 16.1. The number of nitrogens with zero attached hydrogens (tertiary/aromatic N) is 4. The number of piperidine rings is 1. The van der Waals surface area contributed by atoms with Gasteiger partial charge in [0, 0.05) is 53.1 Å². The van der Waals surface area contributed by atoms with Crippen molar-refractivity contribution in [3.8, 4) is 33.6 Å². The highest BCUT2D eigenvalue weighted by molar-refractivity contribution is 6.01. The first-order chi connectivity index (χ1) is 19.7. The smallest absolute Gasteiger partial charge is 0.224 e. The zero-order chi connectivity index (χ0) is 26.9. The van der Waals surface area contributed by atoms with E-state index in [0.29, 0.717) is 18.0 Å². The molecule has 1 fully saturated rings. The molecule has 1 aromatic carbocycles. The summed E-state index contributed by atoms with van der Waals surface area (Å²) in [7, 11) is 0. The van der Waals surface area contributed by atoms with Gasteiger partial charge in [-0.25, -0.2) is 0 Å². The van der Waals surface area contributed by atoms with E-state index in [2.05, 4.69) is 52.9 Å². The van der Waals surface area contributed by atoms with Crippen molar-refractivity contribution in [1.29, 1.82) is 0 Å². The van der Waals surface area contributed by atoms with Crippen LogP contribution in [0.5, 0.6) is 0 Å². The van der Waals surface area contributed by atoms with E-state index in [1.165, 1.54) is 0 Å². The fourth-order valence-corrected chi connectivity index (χ4v) is 5.57. The van der Waals surface area contributed by atoms with Crippen molar-refractivity contribution in [2.75, 3.05) is 18.4 Å². The summed E-state index contributed by atoms with van der Waals surface area (Å²) in [4.78, 5) is 29.2. The molecule has 4 N–H and O–H groups in total. The van der Waals surface area contributed by atoms with Crippen LogP contribution in [0.2, 0.25) is 0 Å². The monoisotopic (exact) mass is 528 g/mol. The van der Waals surface area contributed by atoms with Crippen LogP contribution in [0.4, 0.5) is 5.69 Å². The second kappa shape index (κ2) is 10.3. The van der Waals surface area contributed by atoms with Crippen molar-refractivity contribution >= 4 is 33.4 Å². The van der Waals surface area contributed by atoms with Gasteiger partial charge in [0.05, 0.1) is 34.8 Å². The van der Waals surface area contributed by atoms with Gasteiger partial charge in [-0.1, -0.05) is 6.07 Å². The lowest BCUT2D eigenvalue weighted by Gasteiger charge is -2.21. The minimum absolute atomic E-state index is 0.0397. The number of carbonyl (C=O) groups excluding carboxylic acids is 1. The Morgan fingerprint density at radius 3 is 2.55 bits per heavy atom. The maximum absolute atomic E-state index is 12.7. The van der Waals surface area contributed by atoms with Crippen molar-refractivity contribution in [2.24, 2.45) is 5.92 Å². The molecule has 0 bridgehead atoms. The van der Waals surface area contributed by atoms with Crippen molar-refractivity contribution in [3.05, 3.63) is 79.6 Å². The number of amides is 1. The summed E-state index contributed by atoms with van der Waals surface area (Å²) in [6.45, 7) is 1.96. The second-order valence-corrected chi connectivity index (χ2v) is 10.3. The molecule has 1 amide bonds. The van der Waals surface area contributed by atoms with Gasteiger partial charge in [0.2, 0.25) is 5.91 Å². The van der Waals surface area contributed by atoms with Crippen molar-refractivity contribution in [1.82, 2.24) is 35.5 Å². The lowest BCUT2D eigenvalue weighted by atomic mass is 9.94. The first-order valence-corrected chi connectivity index (χ1v) is 13.5. The van der Waals surface area contributed by atoms with Gasteiger partial charge in [-0.15, -0.1) is 0 Å². The van der Waals surface area contributed by atoms with Crippen LogP contribution in [0.1, 0.15) is 19.3 Å². The molecule has 0 spiro atoms. The molecule has 9 nitrogen and oxygen atoms in total. The van der Waals surface area contributed by atoms with Crippen LogP contribution in [-0.4, -0.2) is 49.1 Å². The van der Waals surface area contributed by atoms with Gasteiger partial charge in [0.25, 0.3) is 0 Å². The van der Waals surface area contributed by atoms with Gasteiger partial charge in [0.15, 0.2) is 0 Å². The van der Waals surface area contributed by atoms with E-state index in [1.54, 1.807) is 18.6 Å². The van der Waals surface area contributed by atoms with Crippen LogP contribution in [0.15, 0.2) is 79.6 Å². The molecule has 6 aromatic rings. The maximum atomic E-state index is 12.7. The summed E-state index contributed by atoms with van der Waals surface area (Å²) in [5, 5.41) is 16.3. The molecule has 7 rings (SSSR count). The zero-order valence-corrected chi connectivity index (χ0v) is 21.8. The number of benzene rings is 1. The third-order valence-corrected chi connectivity index (χ3v) is 7.64. The molecule has 1 aliphatic heterocycles. The van der Waals surface area contributed by atoms with Crippen LogP contribution < -0.4 is 10.6 Å². The number of aromatic amines is 2. The van der Waals surface area contributed by atoms with Crippen LogP contribution in [0, 0.1) is 5.92 Å². The number of hydrogen-bond acceptors (Lipinski definition) is 6.